The van der Waals surface area contributed by atoms with E-state index >= 15 is 0 Å². The minimum absolute atomic E-state index is 0.0396. The van der Waals surface area contributed by atoms with Crippen LogP contribution in [0.4, 0.5) is 50.0 Å². The highest BCUT2D eigenvalue weighted by molar-refractivity contribution is 5.72. The fraction of sp³-hybridized carbons (Fsp3) is 0.562. The van der Waals surface area contributed by atoms with Gasteiger partial charge in [0.1, 0.15) is 11.9 Å². The molecule has 16 heteroatoms. The number of carbonyl (C=O) groups is 2. The molecule has 1 saturated carbocycles. The lowest BCUT2D eigenvalue weighted by Crippen LogP contribution is -2.35. The van der Waals surface area contributed by atoms with Gasteiger partial charge in [0.2, 0.25) is 0 Å². The van der Waals surface area contributed by atoms with Crippen molar-refractivity contribution >= 4 is 17.7 Å². The molecular formula is C32H35F9N2O5. The molecule has 0 radical (unpaired) electrons. The van der Waals surface area contributed by atoms with Crippen LogP contribution in [0.3, 0.4) is 0 Å². The van der Waals surface area contributed by atoms with Crippen LogP contribution in [-0.2, 0) is 28.4 Å². The summed E-state index contributed by atoms with van der Waals surface area (Å²) in [4.78, 5) is 27.2. The van der Waals surface area contributed by atoms with E-state index in [0.29, 0.717) is 50.2 Å². The molecule has 2 atom stereocenters. The average molecular weight is 699 g/mol. The minimum atomic E-state index is -5.13. The second kappa shape index (κ2) is 14.3. The molecule has 1 aliphatic heterocycles. The van der Waals surface area contributed by atoms with Crippen LogP contribution in [0.15, 0.2) is 36.4 Å². The van der Waals surface area contributed by atoms with Crippen molar-refractivity contribution in [1.82, 2.24) is 4.90 Å². The zero-order valence-corrected chi connectivity index (χ0v) is 26.0. The first-order valence-electron chi connectivity index (χ1n) is 15.4. The SMILES string of the molecule is CCCN(CC1CCC(CC(=O)O)CC1)c1ccc(OC(F)(F)F)cc1CN1C(=O)O[C@H](c2cc(C(F)(F)F)cc(C(F)(F)F)c2)[C@@H]1C. The number of nitrogens with zero attached hydrogens (tertiary/aromatic N) is 2. The zero-order chi connectivity index (χ0) is 35.6. The molecule has 1 saturated heterocycles. The van der Waals surface area contributed by atoms with Gasteiger partial charge in [-0.25, -0.2) is 4.79 Å². The quantitative estimate of drug-likeness (QED) is 0.236. The molecule has 48 heavy (non-hydrogen) atoms. The first-order chi connectivity index (χ1) is 22.2. The summed E-state index contributed by atoms with van der Waals surface area (Å²) in [5.74, 6) is -1.27. The van der Waals surface area contributed by atoms with Crippen LogP contribution in [0, 0.1) is 11.8 Å². The van der Waals surface area contributed by atoms with Crippen LogP contribution < -0.4 is 9.64 Å². The Kier molecular flexibility index (Phi) is 11.0. The lowest BCUT2D eigenvalue weighted by molar-refractivity contribution is -0.274. The van der Waals surface area contributed by atoms with Gasteiger partial charge in [0.05, 0.1) is 23.7 Å². The predicted molar refractivity (Wildman–Crippen MR) is 154 cm³/mol. The normalized spacial score (nSPS) is 22.1. The van der Waals surface area contributed by atoms with Crippen LogP contribution in [0.25, 0.3) is 0 Å². The molecule has 2 aromatic rings. The first kappa shape index (κ1) is 37.0. The van der Waals surface area contributed by atoms with Gasteiger partial charge in [-0.15, -0.1) is 13.2 Å². The highest BCUT2D eigenvalue weighted by atomic mass is 19.4. The fourth-order valence-electron chi connectivity index (χ4n) is 6.44. The number of carboxylic acid groups (broad SMARTS) is 1. The van der Waals surface area contributed by atoms with Gasteiger partial charge in [0, 0.05) is 25.2 Å². The van der Waals surface area contributed by atoms with Gasteiger partial charge in [-0.2, -0.15) is 26.3 Å². The van der Waals surface area contributed by atoms with E-state index in [9.17, 15) is 49.1 Å². The Bertz CT molecular complexity index is 1420. The third-order valence-corrected chi connectivity index (χ3v) is 8.70. The van der Waals surface area contributed by atoms with Gasteiger partial charge in [0.15, 0.2) is 0 Å². The first-order valence-corrected chi connectivity index (χ1v) is 15.4. The van der Waals surface area contributed by atoms with Crippen molar-refractivity contribution in [2.24, 2.45) is 11.8 Å². The third-order valence-electron chi connectivity index (χ3n) is 8.70. The Morgan fingerprint density at radius 1 is 0.938 bits per heavy atom. The molecule has 0 unspecified atom stereocenters. The van der Waals surface area contributed by atoms with Gasteiger partial charge in [-0.05, 0) is 98.4 Å². The molecule has 1 amide bonds. The molecule has 2 fully saturated rings. The topological polar surface area (TPSA) is 79.3 Å². The summed E-state index contributed by atoms with van der Waals surface area (Å²) >= 11 is 0. The molecule has 2 aliphatic rings. The van der Waals surface area contributed by atoms with Crippen LogP contribution in [0.1, 0.15) is 80.7 Å². The number of benzene rings is 2. The van der Waals surface area contributed by atoms with Gasteiger partial charge in [0.25, 0.3) is 0 Å². The summed E-state index contributed by atoms with van der Waals surface area (Å²) < 4.78 is 130. The number of anilines is 1. The van der Waals surface area contributed by atoms with Crippen molar-refractivity contribution in [2.45, 2.75) is 89.8 Å². The minimum Gasteiger partial charge on any atom is -0.481 e. The number of hydrogen-bond acceptors (Lipinski definition) is 5. The Morgan fingerprint density at radius 3 is 2.04 bits per heavy atom. The second-order valence-corrected chi connectivity index (χ2v) is 12.3. The van der Waals surface area contributed by atoms with E-state index in [1.165, 1.54) is 13.0 Å². The molecule has 1 heterocycles. The summed E-state index contributed by atoms with van der Waals surface area (Å²) in [6, 6.07) is 3.42. The number of aliphatic carboxylic acids is 1. The van der Waals surface area contributed by atoms with Crippen molar-refractivity contribution in [2.75, 3.05) is 18.0 Å². The van der Waals surface area contributed by atoms with Crippen molar-refractivity contribution in [3.8, 4) is 5.75 Å². The molecule has 266 valence electrons. The molecule has 2 aromatic carbocycles. The van der Waals surface area contributed by atoms with E-state index in [-0.39, 0.29) is 29.9 Å². The Hall–Kier alpha value is -3.85. The maximum Gasteiger partial charge on any atom is 0.573 e. The number of hydrogen-bond donors (Lipinski definition) is 1. The van der Waals surface area contributed by atoms with Crippen LogP contribution in [-0.4, -0.2) is 47.6 Å². The Balaban J connectivity index is 1.65. The summed E-state index contributed by atoms with van der Waals surface area (Å²) in [6.45, 7) is 3.81. The maximum atomic E-state index is 13.5. The average Bonchev–Trinajstić information content (AvgIpc) is 3.24. The fourth-order valence-corrected chi connectivity index (χ4v) is 6.44. The van der Waals surface area contributed by atoms with Crippen LogP contribution in [0.2, 0.25) is 0 Å². The number of cyclic esters (lactones) is 1. The van der Waals surface area contributed by atoms with Gasteiger partial charge >= 0.3 is 30.8 Å². The molecule has 0 aromatic heterocycles. The molecular weight excluding hydrogens is 663 g/mol. The number of rotatable bonds is 11. The highest BCUT2D eigenvalue weighted by Crippen LogP contribution is 2.42. The summed E-state index contributed by atoms with van der Waals surface area (Å²) in [5, 5.41) is 9.13. The van der Waals surface area contributed by atoms with E-state index < -0.39 is 71.9 Å². The number of carboxylic acids is 1. The van der Waals surface area contributed by atoms with Crippen molar-refractivity contribution in [1.29, 1.82) is 0 Å². The maximum absolute atomic E-state index is 13.5. The molecule has 7 nitrogen and oxygen atoms in total. The highest BCUT2D eigenvalue weighted by Gasteiger charge is 2.44. The largest absolute Gasteiger partial charge is 0.573 e. The van der Waals surface area contributed by atoms with Gasteiger partial charge in [-0.1, -0.05) is 6.92 Å². The number of amides is 1. The van der Waals surface area contributed by atoms with Gasteiger partial charge < -0.3 is 19.5 Å². The van der Waals surface area contributed by atoms with E-state index in [1.807, 2.05) is 11.8 Å². The number of ether oxygens (including phenoxy) is 2. The number of alkyl halides is 9. The molecule has 1 N–H and O–H groups in total. The lowest BCUT2D eigenvalue weighted by atomic mass is 9.80. The monoisotopic (exact) mass is 698 g/mol. The van der Waals surface area contributed by atoms with E-state index in [2.05, 4.69) is 4.74 Å². The Morgan fingerprint density at radius 2 is 1.52 bits per heavy atom. The molecule has 0 spiro atoms. The molecule has 0 bridgehead atoms. The predicted octanol–water partition coefficient (Wildman–Crippen LogP) is 9.20. The van der Waals surface area contributed by atoms with Crippen molar-refractivity contribution in [3.05, 3.63) is 58.7 Å². The second-order valence-electron chi connectivity index (χ2n) is 12.3. The van der Waals surface area contributed by atoms with Gasteiger partial charge in [-0.3, -0.25) is 9.69 Å². The summed E-state index contributed by atoms with van der Waals surface area (Å²) in [6.07, 6.45) is -14.4. The van der Waals surface area contributed by atoms with E-state index in [1.54, 1.807) is 0 Å². The molecule has 4 rings (SSSR count). The standard InChI is InChI=1S/C32H35F9N2O5/c1-3-10-42(16-20-6-4-19(5-7-20)11-27(44)45)26-9-8-25(48-32(39,40)41)14-22(26)17-43-18(2)28(47-29(43)46)21-12-23(30(33,34)35)15-24(13-21)31(36,37)38/h8-9,12-15,18-20,28H,3-7,10-11,16-17H2,1-2H3,(H,44,45)/t18-,19?,20?,28-/m0/s1. The number of carbonyl (C=O) groups excluding carboxylic acids is 1. The van der Waals surface area contributed by atoms with Crippen LogP contribution in [0.5, 0.6) is 5.75 Å². The smallest absolute Gasteiger partial charge is 0.481 e. The summed E-state index contributed by atoms with van der Waals surface area (Å²) in [5.41, 5.74) is -3.06. The third kappa shape index (κ3) is 9.40. The summed E-state index contributed by atoms with van der Waals surface area (Å²) in [7, 11) is 0. The van der Waals surface area contributed by atoms with E-state index in [0.717, 1.165) is 29.9 Å². The van der Waals surface area contributed by atoms with Crippen molar-refractivity contribution in [3.63, 3.8) is 0 Å². The van der Waals surface area contributed by atoms with Crippen LogP contribution >= 0.6 is 0 Å². The molecule has 1 aliphatic carbocycles. The van der Waals surface area contributed by atoms with E-state index in [4.69, 9.17) is 9.84 Å². The lowest BCUT2D eigenvalue weighted by Gasteiger charge is -2.35. The van der Waals surface area contributed by atoms with Crippen molar-refractivity contribution < 1.29 is 63.7 Å². The number of halogens is 9. The zero-order valence-electron chi connectivity index (χ0n) is 26.0. The Labute approximate surface area is 270 Å².